The number of nitrogens with zero attached hydrogens (tertiary/aromatic N) is 1. The van der Waals surface area contributed by atoms with Crippen molar-refractivity contribution in [3.8, 4) is 0 Å². The highest BCUT2D eigenvalue weighted by Gasteiger charge is 2.40. The third-order valence-corrected chi connectivity index (χ3v) is 5.01. The highest BCUT2D eigenvalue weighted by molar-refractivity contribution is 8.00. The zero-order valence-electron chi connectivity index (χ0n) is 13.3. The molecule has 1 aliphatic heterocycles. The van der Waals surface area contributed by atoms with Crippen LogP contribution in [0.3, 0.4) is 0 Å². The fourth-order valence-electron chi connectivity index (χ4n) is 2.56. The first kappa shape index (κ1) is 17.2. The van der Waals surface area contributed by atoms with Gasteiger partial charge in [0.25, 0.3) is 0 Å². The number of amides is 2. The monoisotopic (exact) mass is 359 g/mol. The lowest BCUT2D eigenvalue weighted by Crippen LogP contribution is -2.31. The molecule has 0 N–H and O–H groups in total. The molecule has 1 fully saturated rings. The zero-order valence-corrected chi connectivity index (χ0v) is 14.1. The Morgan fingerprint density at radius 2 is 1.84 bits per heavy atom. The zero-order chi connectivity index (χ0) is 18.0. The van der Waals surface area contributed by atoms with Gasteiger partial charge in [-0.3, -0.25) is 9.59 Å². The van der Waals surface area contributed by atoms with Crippen molar-refractivity contribution in [2.75, 3.05) is 12.0 Å². The van der Waals surface area contributed by atoms with E-state index in [1.165, 1.54) is 31.4 Å². The van der Waals surface area contributed by atoms with Gasteiger partial charge >= 0.3 is 5.97 Å². The van der Waals surface area contributed by atoms with Crippen LogP contribution in [-0.4, -0.2) is 30.1 Å². The number of esters is 1. The molecule has 5 nitrogen and oxygen atoms in total. The number of carbonyl (C=O) groups excluding carboxylic acids is 3. The molecule has 0 aliphatic carbocycles. The van der Waals surface area contributed by atoms with Crippen LogP contribution < -0.4 is 4.90 Å². The summed E-state index contributed by atoms with van der Waals surface area (Å²) in [6.07, 6.45) is 0.0103. The molecule has 0 spiro atoms. The van der Waals surface area contributed by atoms with E-state index in [4.69, 9.17) is 4.74 Å². The molecule has 0 radical (unpaired) electrons. The topological polar surface area (TPSA) is 63.7 Å². The highest BCUT2D eigenvalue weighted by atomic mass is 32.2. The smallest absolute Gasteiger partial charge is 0.338 e. The van der Waals surface area contributed by atoms with E-state index >= 15 is 0 Å². The number of hydrogen-bond donors (Lipinski definition) is 0. The van der Waals surface area contributed by atoms with Gasteiger partial charge < -0.3 is 4.74 Å². The van der Waals surface area contributed by atoms with E-state index < -0.39 is 17.0 Å². The van der Waals surface area contributed by atoms with Crippen molar-refractivity contribution in [3.63, 3.8) is 0 Å². The standard InChI is InChI=1S/C18H14FNO4S/c1-24-18(23)13-4-2-3-5-14(13)25-15-10-16(21)20(17(15)22)12-8-6-11(19)7-9-12/h2-9,15H,10H2,1H3/t15-/m0/s1. The van der Waals surface area contributed by atoms with Gasteiger partial charge in [0.2, 0.25) is 11.8 Å². The molecule has 1 atom stereocenters. The van der Waals surface area contributed by atoms with Gasteiger partial charge in [-0.25, -0.2) is 14.1 Å². The number of rotatable bonds is 4. The Balaban J connectivity index is 1.84. The van der Waals surface area contributed by atoms with Crippen LogP contribution in [0.15, 0.2) is 53.4 Å². The fourth-order valence-corrected chi connectivity index (χ4v) is 3.73. The van der Waals surface area contributed by atoms with Gasteiger partial charge in [0.15, 0.2) is 0 Å². The summed E-state index contributed by atoms with van der Waals surface area (Å²) in [7, 11) is 1.28. The molecule has 2 aromatic rings. The molecular weight excluding hydrogens is 345 g/mol. The van der Waals surface area contributed by atoms with Crippen LogP contribution in [0, 0.1) is 5.82 Å². The van der Waals surface area contributed by atoms with Crippen molar-refractivity contribution >= 4 is 35.2 Å². The third-order valence-electron chi connectivity index (χ3n) is 3.75. The normalized spacial score (nSPS) is 17.0. The summed E-state index contributed by atoms with van der Waals surface area (Å²) in [5, 5.41) is -0.650. The average molecular weight is 359 g/mol. The van der Waals surface area contributed by atoms with E-state index in [1.807, 2.05) is 0 Å². The predicted octanol–water partition coefficient (Wildman–Crippen LogP) is 3.04. The Morgan fingerprint density at radius 1 is 1.16 bits per heavy atom. The van der Waals surface area contributed by atoms with E-state index in [-0.39, 0.29) is 18.2 Å². The Labute approximate surface area is 147 Å². The van der Waals surface area contributed by atoms with Crippen LogP contribution in [0.2, 0.25) is 0 Å². The summed E-state index contributed by atoms with van der Waals surface area (Å²) >= 11 is 1.15. The number of methoxy groups -OCH3 is 1. The lowest BCUT2D eigenvalue weighted by Gasteiger charge is -2.15. The first-order valence-electron chi connectivity index (χ1n) is 7.47. The maximum atomic E-state index is 13.0. The number of imide groups is 1. The van der Waals surface area contributed by atoms with Crippen molar-refractivity contribution in [2.24, 2.45) is 0 Å². The van der Waals surface area contributed by atoms with Gasteiger partial charge in [-0.1, -0.05) is 12.1 Å². The Morgan fingerprint density at radius 3 is 2.52 bits per heavy atom. The van der Waals surface area contributed by atoms with E-state index in [2.05, 4.69) is 0 Å². The van der Waals surface area contributed by atoms with Crippen molar-refractivity contribution < 1.29 is 23.5 Å². The lowest BCUT2D eigenvalue weighted by atomic mass is 10.2. The van der Waals surface area contributed by atoms with Crippen LogP contribution in [0.25, 0.3) is 0 Å². The fraction of sp³-hybridized carbons (Fsp3) is 0.167. The predicted molar refractivity (Wildman–Crippen MR) is 90.9 cm³/mol. The highest BCUT2D eigenvalue weighted by Crippen LogP contribution is 2.35. The van der Waals surface area contributed by atoms with E-state index in [0.29, 0.717) is 16.1 Å². The van der Waals surface area contributed by atoms with Crippen molar-refractivity contribution in [2.45, 2.75) is 16.6 Å². The number of anilines is 1. The minimum absolute atomic E-state index is 0.0103. The molecule has 2 amide bonds. The molecule has 1 heterocycles. The van der Waals surface area contributed by atoms with E-state index in [1.54, 1.807) is 24.3 Å². The van der Waals surface area contributed by atoms with Gasteiger partial charge in [-0.05, 0) is 36.4 Å². The summed E-state index contributed by atoms with van der Waals surface area (Å²) in [6, 6.07) is 11.9. The summed E-state index contributed by atoms with van der Waals surface area (Å²) in [5.74, 6) is -1.69. The second kappa shape index (κ2) is 7.06. The minimum atomic E-state index is -0.650. The third kappa shape index (κ3) is 3.41. The summed E-state index contributed by atoms with van der Waals surface area (Å²) < 4.78 is 17.8. The summed E-state index contributed by atoms with van der Waals surface area (Å²) in [6.45, 7) is 0. The second-order valence-corrected chi connectivity index (χ2v) is 6.59. The van der Waals surface area contributed by atoms with E-state index in [0.717, 1.165) is 16.7 Å². The molecule has 0 unspecified atom stereocenters. The Bertz CT molecular complexity index is 837. The van der Waals surface area contributed by atoms with Crippen molar-refractivity contribution in [3.05, 3.63) is 59.9 Å². The maximum Gasteiger partial charge on any atom is 0.338 e. The lowest BCUT2D eigenvalue weighted by molar-refractivity contribution is -0.121. The molecule has 3 rings (SSSR count). The number of benzene rings is 2. The van der Waals surface area contributed by atoms with E-state index in [9.17, 15) is 18.8 Å². The van der Waals surface area contributed by atoms with Crippen LogP contribution in [0.4, 0.5) is 10.1 Å². The molecule has 0 saturated carbocycles. The average Bonchev–Trinajstić information content (AvgIpc) is 2.89. The van der Waals surface area contributed by atoms with Crippen molar-refractivity contribution in [1.29, 1.82) is 0 Å². The first-order chi connectivity index (χ1) is 12.0. The van der Waals surface area contributed by atoms with Crippen LogP contribution in [0.5, 0.6) is 0 Å². The molecule has 7 heteroatoms. The molecular formula is C18H14FNO4S. The number of hydrogen-bond acceptors (Lipinski definition) is 5. The number of ether oxygens (including phenoxy) is 1. The first-order valence-corrected chi connectivity index (χ1v) is 8.35. The number of carbonyl (C=O) groups is 3. The van der Waals surface area contributed by atoms with Gasteiger partial charge in [0.1, 0.15) is 5.82 Å². The van der Waals surface area contributed by atoms with Gasteiger partial charge in [0, 0.05) is 11.3 Å². The maximum absolute atomic E-state index is 13.0. The summed E-state index contributed by atoms with van der Waals surface area (Å²) in [5.41, 5.74) is 0.677. The second-order valence-electron chi connectivity index (χ2n) is 5.34. The Hall–Kier alpha value is -2.67. The van der Waals surface area contributed by atoms with Crippen LogP contribution in [-0.2, 0) is 14.3 Å². The molecule has 1 aliphatic rings. The molecule has 0 aromatic heterocycles. The largest absolute Gasteiger partial charge is 0.465 e. The SMILES string of the molecule is COC(=O)c1ccccc1S[C@H]1CC(=O)N(c2ccc(F)cc2)C1=O. The van der Waals surface area contributed by atoms with Crippen LogP contribution >= 0.6 is 11.8 Å². The molecule has 25 heavy (non-hydrogen) atoms. The molecule has 2 aromatic carbocycles. The van der Waals surface area contributed by atoms with Crippen LogP contribution in [0.1, 0.15) is 16.8 Å². The molecule has 128 valence electrons. The number of thioether (sulfide) groups is 1. The van der Waals surface area contributed by atoms with Gasteiger partial charge in [0.05, 0.1) is 23.6 Å². The molecule has 0 bridgehead atoms. The quantitative estimate of drug-likeness (QED) is 0.620. The number of halogens is 1. The minimum Gasteiger partial charge on any atom is -0.465 e. The summed E-state index contributed by atoms with van der Waals surface area (Å²) in [4.78, 5) is 38.3. The van der Waals surface area contributed by atoms with Gasteiger partial charge in [-0.2, -0.15) is 0 Å². The molecule has 1 saturated heterocycles. The van der Waals surface area contributed by atoms with Gasteiger partial charge in [-0.15, -0.1) is 11.8 Å². The Kier molecular flexibility index (Phi) is 4.85. The van der Waals surface area contributed by atoms with Crippen molar-refractivity contribution in [1.82, 2.24) is 0 Å².